The van der Waals surface area contributed by atoms with Crippen LogP contribution in [0.4, 0.5) is 0 Å². The molecule has 28 heavy (non-hydrogen) atoms. The Morgan fingerprint density at radius 1 is 0.964 bits per heavy atom. The fourth-order valence-corrected chi connectivity index (χ4v) is 3.49. The lowest BCUT2D eigenvalue weighted by Gasteiger charge is -2.33. The van der Waals surface area contributed by atoms with E-state index < -0.39 is 23.4 Å². The van der Waals surface area contributed by atoms with Crippen LogP contribution in [0, 0.1) is 0 Å². The van der Waals surface area contributed by atoms with Crippen LogP contribution in [0.3, 0.4) is 0 Å². The lowest BCUT2D eigenvalue weighted by atomic mass is 9.75. The van der Waals surface area contributed by atoms with Crippen LogP contribution in [-0.2, 0) is 19.1 Å². The Morgan fingerprint density at radius 2 is 1.54 bits per heavy atom. The molecule has 0 radical (unpaired) electrons. The number of fused-ring (bicyclic) bond motifs is 1. The molecule has 0 aliphatic carbocycles. The van der Waals surface area contributed by atoms with Crippen molar-refractivity contribution in [1.82, 2.24) is 4.98 Å². The molecule has 1 unspecified atom stereocenters. The lowest BCUT2D eigenvalue weighted by Crippen LogP contribution is -2.61. The number of benzene rings is 2. The average Bonchev–Trinajstić information content (AvgIpc) is 3.13. The Bertz CT molecular complexity index is 947. The first-order valence-corrected chi connectivity index (χ1v) is 9.28. The predicted molar refractivity (Wildman–Crippen MR) is 107 cm³/mol. The van der Waals surface area contributed by atoms with Gasteiger partial charge in [-0.15, -0.1) is 0 Å². The van der Waals surface area contributed by atoms with E-state index in [-0.39, 0.29) is 13.2 Å². The number of nitrogens with one attached hydrogen (secondary N) is 1. The number of hydrogen-bond donors (Lipinski definition) is 2. The molecule has 1 atom stereocenters. The highest BCUT2D eigenvalue weighted by molar-refractivity contribution is 6.07. The average molecular weight is 380 g/mol. The van der Waals surface area contributed by atoms with Gasteiger partial charge in [-0.3, -0.25) is 0 Å². The second kappa shape index (κ2) is 8.27. The van der Waals surface area contributed by atoms with E-state index in [0.717, 1.165) is 22.0 Å². The summed E-state index contributed by atoms with van der Waals surface area (Å²) in [7, 11) is 0. The molecule has 6 heteroatoms. The summed E-state index contributed by atoms with van der Waals surface area (Å²) in [6, 6.07) is 16.9. The highest BCUT2D eigenvalue weighted by Crippen LogP contribution is 2.39. The fraction of sp³-hybridized carbons (Fsp3) is 0.273. The molecular formula is C22H24N2O4. The third-order valence-corrected chi connectivity index (χ3v) is 4.75. The number of aromatic nitrogens is 1. The molecule has 0 aliphatic heterocycles. The van der Waals surface area contributed by atoms with Crippen LogP contribution in [0.5, 0.6) is 0 Å². The normalized spacial score (nSPS) is 12.5. The molecule has 1 heterocycles. The van der Waals surface area contributed by atoms with Crippen LogP contribution in [0.1, 0.15) is 30.9 Å². The Hall–Kier alpha value is -3.12. The molecule has 3 aromatic rings. The summed E-state index contributed by atoms with van der Waals surface area (Å²) in [4.78, 5) is 29.1. The molecule has 2 aromatic carbocycles. The summed E-state index contributed by atoms with van der Waals surface area (Å²) in [5, 5.41) is 0.875. The van der Waals surface area contributed by atoms with E-state index in [0.29, 0.717) is 0 Å². The summed E-state index contributed by atoms with van der Waals surface area (Å²) in [5.74, 6) is -2.41. The van der Waals surface area contributed by atoms with E-state index in [9.17, 15) is 9.59 Å². The minimum Gasteiger partial charge on any atom is -0.464 e. The maximum atomic E-state index is 13.0. The van der Waals surface area contributed by atoms with Gasteiger partial charge in [0.15, 0.2) is 0 Å². The van der Waals surface area contributed by atoms with E-state index in [1.807, 2.05) is 54.6 Å². The van der Waals surface area contributed by atoms with E-state index >= 15 is 0 Å². The second-order valence-electron chi connectivity index (χ2n) is 6.44. The molecule has 3 N–H and O–H groups in total. The van der Waals surface area contributed by atoms with Crippen LogP contribution in [0.15, 0.2) is 60.8 Å². The quantitative estimate of drug-likeness (QED) is 0.485. The van der Waals surface area contributed by atoms with E-state index in [2.05, 4.69) is 4.98 Å². The standard InChI is InChI=1S/C22H24N2O4/c1-3-27-20(25)22(23,21(26)28-4-2)19(15-10-6-5-7-11-15)17-14-24-18-13-9-8-12-16(17)18/h5-14,19,24H,3-4,23H2,1-2H3. The van der Waals surface area contributed by atoms with Crippen LogP contribution < -0.4 is 5.73 Å². The zero-order chi connectivity index (χ0) is 20.1. The van der Waals surface area contributed by atoms with Crippen LogP contribution >= 0.6 is 0 Å². The maximum absolute atomic E-state index is 13.0. The molecular weight excluding hydrogens is 356 g/mol. The van der Waals surface area contributed by atoms with Crippen molar-refractivity contribution in [2.75, 3.05) is 13.2 Å². The van der Waals surface area contributed by atoms with Gasteiger partial charge in [-0.25, -0.2) is 9.59 Å². The summed E-state index contributed by atoms with van der Waals surface area (Å²) in [5.41, 5.74) is 6.85. The first-order valence-electron chi connectivity index (χ1n) is 9.28. The minimum absolute atomic E-state index is 0.104. The van der Waals surface area contributed by atoms with Crippen LogP contribution in [0.2, 0.25) is 0 Å². The van der Waals surface area contributed by atoms with Crippen molar-refractivity contribution >= 4 is 22.8 Å². The van der Waals surface area contributed by atoms with Crippen molar-refractivity contribution < 1.29 is 19.1 Å². The van der Waals surface area contributed by atoms with Crippen molar-refractivity contribution in [3.63, 3.8) is 0 Å². The Morgan fingerprint density at radius 3 is 2.14 bits per heavy atom. The largest absolute Gasteiger partial charge is 0.464 e. The molecule has 3 rings (SSSR count). The maximum Gasteiger partial charge on any atom is 0.338 e. The Balaban J connectivity index is 2.27. The van der Waals surface area contributed by atoms with Gasteiger partial charge in [-0.2, -0.15) is 0 Å². The number of carbonyl (C=O) groups is 2. The number of nitrogens with two attached hydrogens (primary N) is 1. The van der Waals surface area contributed by atoms with Gasteiger partial charge in [-0.1, -0.05) is 48.5 Å². The van der Waals surface area contributed by atoms with Gasteiger partial charge in [0.2, 0.25) is 5.54 Å². The van der Waals surface area contributed by atoms with Gasteiger partial charge in [-0.05, 0) is 31.0 Å². The predicted octanol–water partition coefficient (Wildman–Crippen LogP) is 3.12. The molecule has 0 saturated carbocycles. The van der Waals surface area contributed by atoms with Gasteiger partial charge >= 0.3 is 11.9 Å². The zero-order valence-electron chi connectivity index (χ0n) is 16.0. The first kappa shape index (κ1) is 19.6. The molecule has 0 bridgehead atoms. The Kier molecular flexibility index (Phi) is 5.80. The van der Waals surface area contributed by atoms with Crippen molar-refractivity contribution in [1.29, 1.82) is 0 Å². The van der Waals surface area contributed by atoms with Gasteiger partial charge < -0.3 is 20.2 Å². The van der Waals surface area contributed by atoms with Crippen LogP contribution in [0.25, 0.3) is 10.9 Å². The summed E-state index contributed by atoms with van der Waals surface area (Å²) in [6.07, 6.45) is 1.78. The molecule has 1 aromatic heterocycles. The molecule has 0 saturated heterocycles. The van der Waals surface area contributed by atoms with Crippen LogP contribution in [-0.4, -0.2) is 35.7 Å². The number of rotatable bonds is 7. The van der Waals surface area contributed by atoms with Crippen molar-refractivity contribution in [3.8, 4) is 0 Å². The van der Waals surface area contributed by atoms with Gasteiger partial charge in [0.25, 0.3) is 0 Å². The molecule has 6 nitrogen and oxygen atoms in total. The van der Waals surface area contributed by atoms with E-state index in [1.165, 1.54) is 0 Å². The van der Waals surface area contributed by atoms with E-state index in [1.54, 1.807) is 20.0 Å². The number of ether oxygens (including phenoxy) is 2. The van der Waals surface area contributed by atoms with Crippen molar-refractivity contribution in [2.24, 2.45) is 5.73 Å². The number of carbonyl (C=O) groups excluding carboxylic acids is 2. The smallest absolute Gasteiger partial charge is 0.338 e. The summed E-state index contributed by atoms with van der Waals surface area (Å²) < 4.78 is 10.4. The SMILES string of the molecule is CCOC(=O)C(N)(C(=O)OCC)C(c1ccccc1)c1c[nH]c2ccccc12. The van der Waals surface area contributed by atoms with Gasteiger partial charge in [0, 0.05) is 17.1 Å². The van der Waals surface area contributed by atoms with Gasteiger partial charge in [0.1, 0.15) is 0 Å². The highest BCUT2D eigenvalue weighted by Gasteiger charge is 2.53. The zero-order valence-corrected chi connectivity index (χ0v) is 16.0. The molecule has 146 valence electrons. The highest BCUT2D eigenvalue weighted by atomic mass is 16.6. The molecule has 0 aliphatic rings. The topological polar surface area (TPSA) is 94.4 Å². The molecule has 0 amide bonds. The third-order valence-electron chi connectivity index (χ3n) is 4.75. The van der Waals surface area contributed by atoms with Gasteiger partial charge in [0.05, 0.1) is 19.1 Å². The number of esters is 2. The number of hydrogen-bond acceptors (Lipinski definition) is 5. The number of aromatic amines is 1. The minimum atomic E-state index is -2.03. The summed E-state index contributed by atoms with van der Waals surface area (Å²) >= 11 is 0. The molecule has 0 spiro atoms. The fourth-order valence-electron chi connectivity index (χ4n) is 3.49. The number of H-pyrrole nitrogens is 1. The Labute approximate surface area is 163 Å². The molecule has 0 fully saturated rings. The monoisotopic (exact) mass is 380 g/mol. The van der Waals surface area contributed by atoms with Crippen molar-refractivity contribution in [3.05, 3.63) is 71.9 Å². The lowest BCUT2D eigenvalue weighted by molar-refractivity contribution is -0.164. The van der Waals surface area contributed by atoms with Crippen molar-refractivity contribution in [2.45, 2.75) is 25.3 Å². The van der Waals surface area contributed by atoms with E-state index in [4.69, 9.17) is 15.2 Å². The number of para-hydroxylation sites is 1. The first-order chi connectivity index (χ1) is 13.5. The second-order valence-corrected chi connectivity index (χ2v) is 6.44. The third kappa shape index (κ3) is 3.39. The summed E-state index contributed by atoms with van der Waals surface area (Å²) in [6.45, 7) is 3.55.